The second-order valence-corrected chi connectivity index (χ2v) is 9.60. The maximum atomic E-state index is 9.96. The zero-order chi connectivity index (χ0) is 24.0. The minimum atomic E-state index is -0.150. The molecular formula is C31H32O2S. The Kier molecular flexibility index (Phi) is 7.64. The van der Waals surface area contributed by atoms with Crippen LogP contribution >= 0.6 is 12.6 Å². The van der Waals surface area contributed by atoms with Gasteiger partial charge in [0, 0.05) is 16.2 Å². The predicted molar refractivity (Wildman–Crippen MR) is 143 cm³/mol. The molecule has 0 saturated heterocycles. The first-order chi connectivity index (χ1) is 16.5. The molecule has 0 fully saturated rings. The highest BCUT2D eigenvalue weighted by atomic mass is 32.1. The Bertz CT molecular complexity index is 1170. The van der Waals surface area contributed by atoms with Crippen LogP contribution in [0.4, 0.5) is 0 Å². The highest BCUT2D eigenvalue weighted by Crippen LogP contribution is 2.47. The van der Waals surface area contributed by atoms with Crippen molar-refractivity contribution >= 4 is 12.6 Å². The summed E-state index contributed by atoms with van der Waals surface area (Å²) < 4.78 is 5.31. The largest absolute Gasteiger partial charge is 0.504 e. The van der Waals surface area contributed by atoms with Gasteiger partial charge in [0.15, 0.2) is 11.5 Å². The Morgan fingerprint density at radius 2 is 1.47 bits per heavy atom. The molecule has 34 heavy (non-hydrogen) atoms. The number of ether oxygens (including phenoxy) is 1. The zero-order valence-corrected chi connectivity index (χ0v) is 20.7. The molecule has 1 unspecified atom stereocenters. The van der Waals surface area contributed by atoms with Crippen molar-refractivity contribution < 1.29 is 9.84 Å². The molecule has 4 aromatic rings. The van der Waals surface area contributed by atoms with Crippen LogP contribution < -0.4 is 4.74 Å². The number of methoxy groups -OCH3 is 1. The summed E-state index contributed by atoms with van der Waals surface area (Å²) in [6, 6.07) is 35.9. The summed E-state index contributed by atoms with van der Waals surface area (Å²) >= 11 is 4.67. The maximum Gasteiger partial charge on any atom is 0.160 e. The molecule has 0 heterocycles. The van der Waals surface area contributed by atoms with Crippen molar-refractivity contribution in [2.75, 3.05) is 7.11 Å². The highest BCUT2D eigenvalue weighted by Gasteiger charge is 2.37. The van der Waals surface area contributed by atoms with Crippen LogP contribution in [0.2, 0.25) is 0 Å². The first kappa shape index (κ1) is 24.0. The summed E-state index contributed by atoms with van der Waals surface area (Å²) in [7, 11) is 1.59. The number of hydrogen-bond acceptors (Lipinski definition) is 3. The van der Waals surface area contributed by atoms with E-state index in [1.54, 1.807) is 13.2 Å². The number of thiol groups is 1. The van der Waals surface area contributed by atoms with Crippen LogP contribution in [0.15, 0.2) is 108 Å². The molecule has 1 atom stereocenters. The van der Waals surface area contributed by atoms with E-state index in [4.69, 9.17) is 4.74 Å². The van der Waals surface area contributed by atoms with Crippen LogP contribution in [0.3, 0.4) is 0 Å². The van der Waals surface area contributed by atoms with E-state index in [-0.39, 0.29) is 17.1 Å². The van der Waals surface area contributed by atoms with Gasteiger partial charge in [-0.15, -0.1) is 12.6 Å². The zero-order valence-electron chi connectivity index (χ0n) is 19.8. The molecule has 2 nitrogen and oxygen atoms in total. The van der Waals surface area contributed by atoms with E-state index in [9.17, 15) is 5.11 Å². The van der Waals surface area contributed by atoms with Crippen molar-refractivity contribution in [1.82, 2.24) is 0 Å². The molecule has 174 valence electrons. The number of rotatable bonds is 9. The van der Waals surface area contributed by atoms with Gasteiger partial charge in [-0.1, -0.05) is 85.8 Å². The lowest BCUT2D eigenvalue weighted by atomic mass is 9.64. The van der Waals surface area contributed by atoms with Crippen LogP contribution in [0.25, 0.3) is 0 Å². The highest BCUT2D eigenvalue weighted by molar-refractivity contribution is 7.80. The standard InChI is InChI=1S/C31H32O2S/c1-31(26-16-9-17-27(34)22-26,20-10-11-23-18-19-28(32)29(21-23)33-2)30(24-12-5-3-6-13-24)25-14-7-4-8-15-25/h3-9,12-19,21-22,30,32,34H,10-11,20H2,1-2H3. The van der Waals surface area contributed by atoms with Crippen LogP contribution in [-0.4, -0.2) is 12.2 Å². The molecule has 0 aliphatic rings. The summed E-state index contributed by atoms with van der Waals surface area (Å²) in [4.78, 5) is 0.979. The van der Waals surface area contributed by atoms with Gasteiger partial charge in [0.2, 0.25) is 0 Å². The van der Waals surface area contributed by atoms with E-state index < -0.39 is 0 Å². The summed E-state index contributed by atoms with van der Waals surface area (Å²) in [5.41, 5.74) is 4.93. The van der Waals surface area contributed by atoms with Crippen molar-refractivity contribution in [1.29, 1.82) is 0 Å². The normalized spacial score (nSPS) is 12.9. The van der Waals surface area contributed by atoms with Crippen LogP contribution in [-0.2, 0) is 11.8 Å². The molecular weight excluding hydrogens is 436 g/mol. The molecule has 4 aromatic carbocycles. The van der Waals surface area contributed by atoms with E-state index in [0.717, 1.165) is 29.7 Å². The van der Waals surface area contributed by atoms with Crippen molar-refractivity contribution in [2.45, 2.75) is 42.4 Å². The van der Waals surface area contributed by atoms with Crippen LogP contribution in [0.1, 0.15) is 47.9 Å². The molecule has 3 heteroatoms. The van der Waals surface area contributed by atoms with E-state index >= 15 is 0 Å². The molecule has 1 N–H and O–H groups in total. The van der Waals surface area contributed by atoms with Gasteiger partial charge < -0.3 is 9.84 Å². The van der Waals surface area contributed by atoms with Crippen molar-refractivity contribution in [2.24, 2.45) is 0 Å². The van der Waals surface area contributed by atoms with E-state index in [0.29, 0.717) is 5.75 Å². The monoisotopic (exact) mass is 468 g/mol. The predicted octanol–water partition coefficient (Wildman–Crippen LogP) is 7.80. The summed E-state index contributed by atoms with van der Waals surface area (Å²) in [6.45, 7) is 2.39. The minimum Gasteiger partial charge on any atom is -0.504 e. The van der Waals surface area contributed by atoms with Gasteiger partial charge in [0.05, 0.1) is 7.11 Å². The average molecular weight is 469 g/mol. The Morgan fingerprint density at radius 3 is 2.06 bits per heavy atom. The molecule has 0 radical (unpaired) electrons. The first-order valence-corrected chi connectivity index (χ1v) is 12.2. The van der Waals surface area contributed by atoms with Gasteiger partial charge in [-0.3, -0.25) is 0 Å². The number of aromatic hydroxyl groups is 1. The molecule has 0 spiro atoms. The summed E-state index contributed by atoms with van der Waals surface area (Å²) in [6.07, 6.45) is 2.89. The Hall–Kier alpha value is -3.17. The molecule has 0 bridgehead atoms. The van der Waals surface area contributed by atoms with E-state index in [1.807, 2.05) is 18.2 Å². The fourth-order valence-electron chi connectivity index (χ4n) is 5.07. The minimum absolute atomic E-state index is 0.150. The van der Waals surface area contributed by atoms with Gasteiger partial charge in [-0.05, 0) is 65.8 Å². The number of hydrogen-bond donors (Lipinski definition) is 2. The number of benzene rings is 4. The second kappa shape index (κ2) is 10.8. The lowest BCUT2D eigenvalue weighted by Gasteiger charge is -2.40. The van der Waals surface area contributed by atoms with Crippen molar-refractivity contribution in [3.8, 4) is 11.5 Å². The topological polar surface area (TPSA) is 29.5 Å². The SMILES string of the molecule is COc1cc(CCCC(C)(c2cccc(S)c2)C(c2ccccc2)c2ccccc2)ccc1O. The molecule has 0 aliphatic carbocycles. The summed E-state index contributed by atoms with van der Waals surface area (Å²) in [5, 5.41) is 9.96. The van der Waals surface area contributed by atoms with E-state index in [1.165, 1.54) is 16.7 Å². The van der Waals surface area contributed by atoms with Gasteiger partial charge in [-0.25, -0.2) is 0 Å². The van der Waals surface area contributed by atoms with Crippen molar-refractivity contribution in [3.05, 3.63) is 125 Å². The Morgan fingerprint density at radius 1 is 0.824 bits per heavy atom. The smallest absolute Gasteiger partial charge is 0.160 e. The third-order valence-electron chi connectivity index (χ3n) is 6.81. The van der Waals surface area contributed by atoms with Gasteiger partial charge in [0.1, 0.15) is 0 Å². The third-order valence-corrected chi connectivity index (χ3v) is 7.09. The number of phenols is 1. The van der Waals surface area contributed by atoms with Gasteiger partial charge >= 0.3 is 0 Å². The summed E-state index contributed by atoms with van der Waals surface area (Å²) in [5.74, 6) is 0.892. The Balaban J connectivity index is 1.73. The maximum absolute atomic E-state index is 9.96. The fourth-order valence-corrected chi connectivity index (χ4v) is 5.30. The quantitative estimate of drug-likeness (QED) is 0.245. The Labute approximate surface area is 208 Å². The van der Waals surface area contributed by atoms with Gasteiger partial charge in [0.25, 0.3) is 0 Å². The number of phenolic OH excluding ortho intramolecular Hbond substituents is 1. The third kappa shape index (κ3) is 5.31. The molecule has 4 rings (SSSR count). The lowest BCUT2D eigenvalue weighted by molar-refractivity contribution is 0.368. The lowest BCUT2D eigenvalue weighted by Crippen LogP contribution is -2.32. The van der Waals surface area contributed by atoms with Crippen molar-refractivity contribution in [3.63, 3.8) is 0 Å². The van der Waals surface area contributed by atoms with Crippen LogP contribution in [0, 0.1) is 0 Å². The van der Waals surface area contributed by atoms with E-state index in [2.05, 4.69) is 98.4 Å². The molecule has 0 saturated carbocycles. The second-order valence-electron chi connectivity index (χ2n) is 9.08. The van der Waals surface area contributed by atoms with Gasteiger partial charge in [-0.2, -0.15) is 0 Å². The first-order valence-electron chi connectivity index (χ1n) is 11.8. The average Bonchev–Trinajstić information content (AvgIpc) is 2.86. The number of aryl methyl sites for hydroxylation is 1. The molecule has 0 aromatic heterocycles. The molecule has 0 amide bonds. The van der Waals surface area contributed by atoms with Crippen LogP contribution in [0.5, 0.6) is 11.5 Å². The fraction of sp³-hybridized carbons (Fsp3) is 0.226. The molecule has 0 aliphatic heterocycles.